The summed E-state index contributed by atoms with van der Waals surface area (Å²) in [7, 11) is 0. The molecule has 2 heteroatoms. The van der Waals surface area contributed by atoms with Gasteiger partial charge in [-0.1, -0.05) is 6.92 Å². The second-order valence-electron chi connectivity index (χ2n) is 3.49. The Morgan fingerprint density at radius 2 is 2.25 bits per heavy atom. The molecule has 1 aromatic heterocycles. The van der Waals surface area contributed by atoms with Crippen molar-refractivity contribution in [1.82, 2.24) is 9.78 Å². The van der Waals surface area contributed by atoms with Crippen molar-refractivity contribution >= 4 is 0 Å². The van der Waals surface area contributed by atoms with Gasteiger partial charge in [-0.3, -0.25) is 4.68 Å². The van der Waals surface area contributed by atoms with Crippen molar-refractivity contribution < 1.29 is 0 Å². The number of aryl methyl sites for hydroxylation is 1. The molecule has 0 atom stereocenters. The lowest BCUT2D eigenvalue weighted by Crippen LogP contribution is -2.02. The zero-order valence-electron chi connectivity index (χ0n) is 7.88. The highest BCUT2D eigenvalue weighted by Crippen LogP contribution is 2.41. The molecule has 0 bridgehead atoms. The third kappa shape index (κ3) is 1.15. The van der Waals surface area contributed by atoms with Gasteiger partial charge in [0.05, 0.1) is 6.20 Å². The standard InChI is InChI=1S/C10H16N2/c1-3-10-9(8-5-6-8)7-11-12(10)4-2/h7-8H,3-6H2,1-2H3. The van der Waals surface area contributed by atoms with E-state index in [9.17, 15) is 0 Å². The van der Waals surface area contributed by atoms with Crippen LogP contribution in [0.3, 0.4) is 0 Å². The molecule has 0 spiro atoms. The van der Waals surface area contributed by atoms with E-state index in [2.05, 4.69) is 29.8 Å². The number of hydrogen-bond acceptors (Lipinski definition) is 1. The minimum atomic E-state index is 0.847. The van der Waals surface area contributed by atoms with Crippen molar-refractivity contribution in [3.8, 4) is 0 Å². The second-order valence-corrected chi connectivity index (χ2v) is 3.49. The molecule has 0 radical (unpaired) electrons. The van der Waals surface area contributed by atoms with E-state index in [0.29, 0.717) is 0 Å². The predicted octanol–water partition coefficient (Wildman–Crippen LogP) is 2.34. The first kappa shape index (κ1) is 7.84. The van der Waals surface area contributed by atoms with Gasteiger partial charge in [0, 0.05) is 12.2 Å². The summed E-state index contributed by atoms with van der Waals surface area (Å²) in [6, 6.07) is 0. The van der Waals surface area contributed by atoms with Crippen LogP contribution in [0.25, 0.3) is 0 Å². The molecule has 0 unspecified atom stereocenters. The number of rotatable bonds is 3. The van der Waals surface area contributed by atoms with Crippen LogP contribution in [-0.2, 0) is 13.0 Å². The topological polar surface area (TPSA) is 17.8 Å². The van der Waals surface area contributed by atoms with Gasteiger partial charge < -0.3 is 0 Å². The lowest BCUT2D eigenvalue weighted by atomic mass is 10.1. The molecule has 1 aliphatic rings. The van der Waals surface area contributed by atoms with Crippen LogP contribution in [0.2, 0.25) is 0 Å². The molecule has 0 N–H and O–H groups in total. The van der Waals surface area contributed by atoms with E-state index in [4.69, 9.17) is 0 Å². The molecule has 0 aromatic carbocycles. The van der Waals surface area contributed by atoms with Crippen LogP contribution in [-0.4, -0.2) is 9.78 Å². The van der Waals surface area contributed by atoms with Gasteiger partial charge >= 0.3 is 0 Å². The highest BCUT2D eigenvalue weighted by Gasteiger charge is 2.27. The highest BCUT2D eigenvalue weighted by molar-refractivity contribution is 5.26. The van der Waals surface area contributed by atoms with E-state index in [1.165, 1.54) is 24.1 Å². The minimum absolute atomic E-state index is 0.847. The largest absolute Gasteiger partial charge is 0.270 e. The average Bonchev–Trinajstić information content (AvgIpc) is 2.85. The first-order chi connectivity index (χ1) is 5.86. The molecular formula is C10H16N2. The summed E-state index contributed by atoms with van der Waals surface area (Å²) in [4.78, 5) is 0. The highest BCUT2D eigenvalue weighted by atomic mass is 15.3. The molecule has 2 nitrogen and oxygen atoms in total. The first-order valence-electron chi connectivity index (χ1n) is 4.91. The predicted molar refractivity (Wildman–Crippen MR) is 49.3 cm³/mol. The summed E-state index contributed by atoms with van der Waals surface area (Å²) >= 11 is 0. The van der Waals surface area contributed by atoms with Gasteiger partial charge in [-0.15, -0.1) is 0 Å². The maximum absolute atomic E-state index is 4.38. The summed E-state index contributed by atoms with van der Waals surface area (Å²) in [5, 5.41) is 4.38. The van der Waals surface area contributed by atoms with Gasteiger partial charge in [0.2, 0.25) is 0 Å². The number of nitrogens with zero attached hydrogens (tertiary/aromatic N) is 2. The van der Waals surface area contributed by atoms with Gasteiger partial charge in [0.25, 0.3) is 0 Å². The van der Waals surface area contributed by atoms with Crippen molar-refractivity contribution in [3.05, 3.63) is 17.5 Å². The monoisotopic (exact) mass is 164 g/mol. The van der Waals surface area contributed by atoms with Gasteiger partial charge in [-0.25, -0.2) is 0 Å². The Bertz CT molecular complexity index is 271. The van der Waals surface area contributed by atoms with Crippen molar-refractivity contribution in [2.75, 3.05) is 0 Å². The number of aromatic nitrogens is 2. The van der Waals surface area contributed by atoms with Crippen LogP contribution in [0, 0.1) is 0 Å². The van der Waals surface area contributed by atoms with E-state index < -0.39 is 0 Å². The van der Waals surface area contributed by atoms with Crippen LogP contribution in [0.15, 0.2) is 6.20 Å². The van der Waals surface area contributed by atoms with Crippen molar-refractivity contribution in [1.29, 1.82) is 0 Å². The Balaban J connectivity index is 2.33. The lowest BCUT2D eigenvalue weighted by Gasteiger charge is -2.03. The van der Waals surface area contributed by atoms with E-state index in [-0.39, 0.29) is 0 Å². The first-order valence-corrected chi connectivity index (χ1v) is 4.91. The zero-order chi connectivity index (χ0) is 8.55. The molecule has 2 rings (SSSR count). The maximum atomic E-state index is 4.38. The molecule has 0 saturated heterocycles. The van der Waals surface area contributed by atoms with Crippen molar-refractivity contribution in [2.24, 2.45) is 0 Å². The van der Waals surface area contributed by atoms with Crippen molar-refractivity contribution in [2.45, 2.75) is 45.6 Å². The fourth-order valence-electron chi connectivity index (χ4n) is 1.82. The molecule has 1 fully saturated rings. The fourth-order valence-corrected chi connectivity index (χ4v) is 1.82. The fraction of sp³-hybridized carbons (Fsp3) is 0.700. The van der Waals surface area contributed by atoms with Gasteiger partial charge in [0.1, 0.15) is 0 Å². The molecule has 1 aromatic rings. The van der Waals surface area contributed by atoms with E-state index in [0.717, 1.165) is 18.9 Å². The Hall–Kier alpha value is -0.790. The smallest absolute Gasteiger partial charge is 0.0527 e. The van der Waals surface area contributed by atoms with Crippen LogP contribution >= 0.6 is 0 Å². The van der Waals surface area contributed by atoms with Gasteiger partial charge in [-0.05, 0) is 37.7 Å². The zero-order valence-corrected chi connectivity index (χ0v) is 7.88. The summed E-state index contributed by atoms with van der Waals surface area (Å²) in [5.41, 5.74) is 2.97. The third-order valence-corrected chi connectivity index (χ3v) is 2.63. The molecule has 1 aliphatic carbocycles. The molecule has 0 aliphatic heterocycles. The SMILES string of the molecule is CCc1c(C2CC2)cnn1CC. The molecule has 0 amide bonds. The van der Waals surface area contributed by atoms with E-state index in [1.807, 2.05) is 0 Å². The Morgan fingerprint density at radius 3 is 2.75 bits per heavy atom. The minimum Gasteiger partial charge on any atom is -0.270 e. The van der Waals surface area contributed by atoms with Gasteiger partial charge in [0.15, 0.2) is 0 Å². The third-order valence-electron chi connectivity index (χ3n) is 2.63. The Morgan fingerprint density at radius 1 is 1.50 bits per heavy atom. The van der Waals surface area contributed by atoms with Crippen LogP contribution in [0.5, 0.6) is 0 Å². The van der Waals surface area contributed by atoms with Crippen LogP contribution < -0.4 is 0 Å². The molecular weight excluding hydrogens is 148 g/mol. The van der Waals surface area contributed by atoms with Crippen molar-refractivity contribution in [3.63, 3.8) is 0 Å². The quantitative estimate of drug-likeness (QED) is 0.670. The number of hydrogen-bond donors (Lipinski definition) is 0. The maximum Gasteiger partial charge on any atom is 0.0527 e. The summed E-state index contributed by atoms with van der Waals surface area (Å²) in [6.45, 7) is 5.38. The molecule has 1 saturated carbocycles. The van der Waals surface area contributed by atoms with Gasteiger partial charge in [-0.2, -0.15) is 5.10 Å². The summed E-state index contributed by atoms with van der Waals surface area (Å²) in [6.07, 6.45) is 5.95. The van der Waals surface area contributed by atoms with E-state index in [1.54, 1.807) is 0 Å². The van der Waals surface area contributed by atoms with Crippen LogP contribution in [0.1, 0.15) is 43.9 Å². The van der Waals surface area contributed by atoms with Crippen LogP contribution in [0.4, 0.5) is 0 Å². The lowest BCUT2D eigenvalue weighted by molar-refractivity contribution is 0.624. The molecule has 1 heterocycles. The summed E-state index contributed by atoms with van der Waals surface area (Å²) in [5.74, 6) is 0.847. The molecule has 66 valence electrons. The summed E-state index contributed by atoms with van der Waals surface area (Å²) < 4.78 is 2.13. The average molecular weight is 164 g/mol. The molecule has 12 heavy (non-hydrogen) atoms. The van der Waals surface area contributed by atoms with E-state index >= 15 is 0 Å². The normalized spacial score (nSPS) is 16.8. The Kier molecular flexibility index (Phi) is 1.91. The second kappa shape index (κ2) is 2.92. The Labute approximate surface area is 73.6 Å².